The zero-order valence-electron chi connectivity index (χ0n) is 11.8. The first-order valence-corrected chi connectivity index (χ1v) is 6.49. The van der Waals surface area contributed by atoms with Gasteiger partial charge in [0.1, 0.15) is 12.1 Å². The summed E-state index contributed by atoms with van der Waals surface area (Å²) < 4.78 is 11.8. The van der Waals surface area contributed by atoms with Crippen LogP contribution in [0.1, 0.15) is 5.69 Å². The van der Waals surface area contributed by atoms with E-state index in [2.05, 4.69) is 9.97 Å². The van der Waals surface area contributed by atoms with E-state index >= 15 is 0 Å². The largest absolute Gasteiger partial charge is 0.464 e. The van der Waals surface area contributed by atoms with Crippen molar-refractivity contribution in [3.05, 3.63) is 48.5 Å². The average Bonchev–Trinajstić information content (AvgIpc) is 2.91. The molecule has 0 saturated carbocycles. The van der Waals surface area contributed by atoms with Crippen molar-refractivity contribution in [3.8, 4) is 11.6 Å². The second-order valence-electron chi connectivity index (χ2n) is 4.57. The number of aromatic nitrogens is 3. The number of hydrogen-bond donors (Lipinski definition) is 1. The van der Waals surface area contributed by atoms with Crippen LogP contribution >= 0.6 is 0 Å². The first-order valence-electron chi connectivity index (χ1n) is 6.49. The Hall–Kier alpha value is -2.93. The van der Waals surface area contributed by atoms with E-state index in [1.807, 2.05) is 0 Å². The molecule has 2 heterocycles. The molecule has 0 fully saturated rings. The van der Waals surface area contributed by atoms with Crippen LogP contribution in [0.25, 0.3) is 10.9 Å². The van der Waals surface area contributed by atoms with Gasteiger partial charge in [-0.1, -0.05) is 0 Å². The summed E-state index contributed by atoms with van der Waals surface area (Å²) in [6.45, 7) is 0.374. The lowest BCUT2D eigenvalue weighted by Crippen LogP contribution is -2.05. The number of fused-ring (bicyclic) bond motifs is 1. The first-order chi connectivity index (χ1) is 10.7. The highest BCUT2D eigenvalue weighted by molar-refractivity contribution is 5.89. The van der Waals surface area contributed by atoms with E-state index in [9.17, 15) is 4.79 Å². The van der Waals surface area contributed by atoms with Crippen molar-refractivity contribution < 1.29 is 19.4 Å². The van der Waals surface area contributed by atoms with E-state index in [1.54, 1.807) is 37.4 Å². The summed E-state index contributed by atoms with van der Waals surface area (Å²) in [5, 5.41) is 9.83. The molecular formula is C15H13N3O4. The Balaban J connectivity index is 1.88. The molecule has 0 aliphatic carbocycles. The van der Waals surface area contributed by atoms with Crippen molar-refractivity contribution in [2.24, 2.45) is 0 Å². The van der Waals surface area contributed by atoms with Crippen LogP contribution in [0.2, 0.25) is 0 Å². The molecule has 3 rings (SSSR count). The summed E-state index contributed by atoms with van der Waals surface area (Å²) in [7, 11) is 1.59. The number of carbonyl (C=O) groups is 1. The Bertz CT molecular complexity index is 829. The molecule has 1 N–H and O–H groups in total. The lowest BCUT2D eigenvalue weighted by atomic mass is 10.2. The van der Waals surface area contributed by atoms with Gasteiger partial charge in [-0.15, -0.1) is 0 Å². The van der Waals surface area contributed by atoms with Gasteiger partial charge in [-0.05, 0) is 24.3 Å². The molecule has 112 valence electrons. The summed E-state index contributed by atoms with van der Waals surface area (Å²) in [6, 6.07) is 8.55. The van der Waals surface area contributed by atoms with Gasteiger partial charge in [0.15, 0.2) is 0 Å². The Morgan fingerprint density at radius 2 is 2.14 bits per heavy atom. The second kappa shape index (κ2) is 5.82. The minimum absolute atomic E-state index is 0.374. The second-order valence-corrected chi connectivity index (χ2v) is 4.57. The van der Waals surface area contributed by atoms with E-state index < -0.39 is 6.09 Å². The van der Waals surface area contributed by atoms with Crippen molar-refractivity contribution in [2.45, 2.75) is 6.61 Å². The van der Waals surface area contributed by atoms with Gasteiger partial charge in [0, 0.05) is 24.8 Å². The molecule has 0 atom stereocenters. The zero-order valence-corrected chi connectivity index (χ0v) is 11.8. The number of methoxy groups -OCH3 is 1. The summed E-state index contributed by atoms with van der Waals surface area (Å²) in [5.74, 6) is 0.969. The molecule has 3 aromatic rings. The van der Waals surface area contributed by atoms with Crippen LogP contribution < -0.4 is 4.74 Å². The third-order valence-corrected chi connectivity index (χ3v) is 3.08. The smallest absolute Gasteiger partial charge is 0.415 e. The first kappa shape index (κ1) is 14.0. The standard InChI is InChI=1S/C15H13N3O4/c1-21-8-11-7-14(17-9-16-11)22-12-2-3-13-10(6-12)4-5-18(13)15(19)20/h2-7,9H,8H2,1H3,(H,19,20). The fourth-order valence-corrected chi connectivity index (χ4v) is 2.13. The number of benzene rings is 1. The van der Waals surface area contributed by atoms with Crippen LogP contribution in [0.5, 0.6) is 11.6 Å². The molecule has 7 nitrogen and oxygen atoms in total. The van der Waals surface area contributed by atoms with Gasteiger partial charge in [-0.3, -0.25) is 4.57 Å². The third-order valence-electron chi connectivity index (χ3n) is 3.08. The number of nitrogens with zero attached hydrogens (tertiary/aromatic N) is 3. The fraction of sp³-hybridized carbons (Fsp3) is 0.133. The van der Waals surface area contributed by atoms with Gasteiger partial charge in [-0.25, -0.2) is 14.8 Å². The predicted molar refractivity (Wildman–Crippen MR) is 78.2 cm³/mol. The van der Waals surface area contributed by atoms with Crippen molar-refractivity contribution in [1.29, 1.82) is 0 Å². The highest BCUT2D eigenvalue weighted by Gasteiger charge is 2.08. The molecule has 1 aromatic carbocycles. The quantitative estimate of drug-likeness (QED) is 0.797. The molecule has 7 heteroatoms. The highest BCUT2D eigenvalue weighted by atomic mass is 16.5. The summed E-state index contributed by atoms with van der Waals surface area (Å²) in [4.78, 5) is 19.2. The van der Waals surface area contributed by atoms with Gasteiger partial charge in [0.2, 0.25) is 5.88 Å². The molecule has 0 radical (unpaired) electrons. The highest BCUT2D eigenvalue weighted by Crippen LogP contribution is 2.25. The minimum Gasteiger partial charge on any atom is -0.464 e. The molecule has 2 aromatic heterocycles. The van der Waals surface area contributed by atoms with Gasteiger partial charge >= 0.3 is 6.09 Å². The minimum atomic E-state index is -1.02. The summed E-state index contributed by atoms with van der Waals surface area (Å²) >= 11 is 0. The number of rotatable bonds is 4. The Kier molecular flexibility index (Phi) is 3.71. The molecule has 0 unspecified atom stereocenters. The van der Waals surface area contributed by atoms with Gasteiger partial charge < -0.3 is 14.6 Å². The molecule has 0 aliphatic heterocycles. The number of hydrogen-bond acceptors (Lipinski definition) is 5. The van der Waals surface area contributed by atoms with Crippen LogP contribution in [0.15, 0.2) is 42.9 Å². The van der Waals surface area contributed by atoms with Crippen LogP contribution in [0, 0.1) is 0 Å². The van der Waals surface area contributed by atoms with Crippen molar-refractivity contribution in [3.63, 3.8) is 0 Å². The molecule has 0 spiro atoms. The van der Waals surface area contributed by atoms with E-state index in [1.165, 1.54) is 12.5 Å². The van der Waals surface area contributed by atoms with E-state index in [4.69, 9.17) is 14.6 Å². The SMILES string of the molecule is COCc1cc(Oc2ccc3c(ccn3C(=O)O)c2)ncn1. The lowest BCUT2D eigenvalue weighted by molar-refractivity contribution is 0.181. The van der Waals surface area contributed by atoms with E-state index in [0.717, 1.165) is 9.95 Å². The van der Waals surface area contributed by atoms with Crippen molar-refractivity contribution in [2.75, 3.05) is 7.11 Å². The van der Waals surface area contributed by atoms with Crippen molar-refractivity contribution >= 4 is 17.0 Å². The number of carboxylic acid groups (broad SMARTS) is 1. The molecule has 22 heavy (non-hydrogen) atoms. The number of ether oxygens (including phenoxy) is 2. The van der Waals surface area contributed by atoms with Crippen LogP contribution in [0.3, 0.4) is 0 Å². The molecule has 0 aliphatic rings. The average molecular weight is 299 g/mol. The van der Waals surface area contributed by atoms with Crippen LogP contribution in [-0.2, 0) is 11.3 Å². The lowest BCUT2D eigenvalue weighted by Gasteiger charge is -2.06. The monoisotopic (exact) mass is 299 g/mol. The van der Waals surface area contributed by atoms with Crippen LogP contribution in [-0.4, -0.2) is 32.8 Å². The van der Waals surface area contributed by atoms with Crippen LogP contribution in [0.4, 0.5) is 4.79 Å². The van der Waals surface area contributed by atoms with E-state index in [0.29, 0.717) is 29.4 Å². The van der Waals surface area contributed by atoms with Crippen molar-refractivity contribution in [1.82, 2.24) is 14.5 Å². The normalized spacial score (nSPS) is 10.8. The summed E-state index contributed by atoms with van der Waals surface area (Å²) in [6.07, 6.45) is 1.88. The third kappa shape index (κ3) is 2.75. The molecule has 0 bridgehead atoms. The maximum absolute atomic E-state index is 11.1. The Morgan fingerprint density at radius 3 is 2.91 bits per heavy atom. The Morgan fingerprint density at radius 1 is 1.27 bits per heavy atom. The molecular weight excluding hydrogens is 286 g/mol. The molecule has 0 saturated heterocycles. The van der Waals surface area contributed by atoms with Gasteiger partial charge in [0.05, 0.1) is 17.8 Å². The topological polar surface area (TPSA) is 86.5 Å². The maximum atomic E-state index is 11.1. The Labute approximate surface area is 125 Å². The van der Waals surface area contributed by atoms with Gasteiger partial charge in [0.25, 0.3) is 0 Å². The maximum Gasteiger partial charge on any atom is 0.415 e. The van der Waals surface area contributed by atoms with Gasteiger partial charge in [-0.2, -0.15) is 0 Å². The zero-order chi connectivity index (χ0) is 15.5. The summed E-state index contributed by atoms with van der Waals surface area (Å²) in [5.41, 5.74) is 1.31. The van der Waals surface area contributed by atoms with E-state index in [-0.39, 0.29) is 0 Å². The predicted octanol–water partition coefficient (Wildman–Crippen LogP) is 2.90. The fourth-order valence-electron chi connectivity index (χ4n) is 2.13. The molecule has 0 amide bonds.